The quantitative estimate of drug-likeness (QED) is 0.725. The van der Waals surface area contributed by atoms with Crippen molar-refractivity contribution in [1.29, 1.82) is 0 Å². The molecule has 4 aliphatic rings. The fraction of sp³-hybridized carbons (Fsp3) is 0.826. The molecular formula is C23H36N2O2. The molecule has 4 heteroatoms. The van der Waals surface area contributed by atoms with Gasteiger partial charge in [-0.15, -0.1) is 0 Å². The normalized spacial score (nSPS) is 52.4. The highest BCUT2D eigenvalue weighted by molar-refractivity contribution is 5.89. The third-order valence-corrected chi connectivity index (χ3v) is 8.31. The molecule has 0 aromatic carbocycles. The summed E-state index contributed by atoms with van der Waals surface area (Å²) >= 11 is 0. The molecule has 0 aromatic heterocycles. The molecule has 1 heterocycles. The van der Waals surface area contributed by atoms with Crippen LogP contribution in [0.25, 0.3) is 0 Å². The highest BCUT2D eigenvalue weighted by Crippen LogP contribution is 2.65. The van der Waals surface area contributed by atoms with E-state index in [-0.39, 0.29) is 23.3 Å². The minimum atomic E-state index is -3.47. The molecular weight excluding hydrogens is 336 g/mol. The van der Waals surface area contributed by atoms with E-state index in [2.05, 4.69) is 17.6 Å². The van der Waals surface area contributed by atoms with Gasteiger partial charge in [0.2, 0.25) is 11.8 Å². The lowest BCUT2D eigenvalue weighted by molar-refractivity contribution is -0.135. The van der Waals surface area contributed by atoms with Crippen LogP contribution in [-0.4, -0.2) is 23.4 Å². The number of nitrogens with one attached hydrogen (secondary N) is 2. The Morgan fingerprint density at radius 1 is 1.19 bits per heavy atom. The van der Waals surface area contributed by atoms with E-state index < -0.39 is 43.3 Å². The average Bonchev–Trinajstić information content (AvgIpc) is 3.07. The molecule has 7 atom stereocenters. The van der Waals surface area contributed by atoms with Crippen LogP contribution in [0.3, 0.4) is 0 Å². The van der Waals surface area contributed by atoms with E-state index in [0.29, 0.717) is 24.7 Å². The smallest absolute Gasteiger partial charge is 0.243 e. The van der Waals surface area contributed by atoms with Crippen molar-refractivity contribution in [3.8, 4) is 0 Å². The van der Waals surface area contributed by atoms with E-state index in [9.17, 15) is 9.59 Å². The van der Waals surface area contributed by atoms with Crippen molar-refractivity contribution < 1.29 is 21.9 Å². The van der Waals surface area contributed by atoms with Crippen LogP contribution < -0.4 is 10.6 Å². The van der Waals surface area contributed by atoms with E-state index >= 15 is 0 Å². The van der Waals surface area contributed by atoms with Gasteiger partial charge < -0.3 is 10.6 Å². The maximum absolute atomic E-state index is 13.6. The number of rotatable bonds is 1. The molecule has 0 spiro atoms. The average molecular weight is 382 g/mol. The minimum Gasteiger partial charge on any atom is -0.351 e. The van der Waals surface area contributed by atoms with Crippen molar-refractivity contribution in [2.24, 2.45) is 34.5 Å². The molecule has 0 radical (unpaired) electrons. The monoisotopic (exact) mass is 381 g/mol. The summed E-state index contributed by atoms with van der Waals surface area (Å²) in [6.07, 6.45) is 8.05. The molecule has 150 valence electrons. The maximum Gasteiger partial charge on any atom is 0.243 e. The van der Waals surface area contributed by atoms with Gasteiger partial charge in [-0.3, -0.25) is 9.59 Å². The Balaban J connectivity index is 1.63. The molecule has 2 N–H and O–H groups in total. The van der Waals surface area contributed by atoms with E-state index in [4.69, 9.17) is 12.3 Å². The largest absolute Gasteiger partial charge is 0.351 e. The summed E-state index contributed by atoms with van der Waals surface area (Å²) in [5, 5.41) is 5.20. The maximum atomic E-state index is 13.6. The summed E-state index contributed by atoms with van der Waals surface area (Å²) in [6.45, 7) is -6.22. The minimum absolute atomic E-state index is 0.0691. The summed E-state index contributed by atoms with van der Waals surface area (Å²) in [5.41, 5.74) is -4.04. The molecule has 0 aromatic rings. The Labute approximate surface area is 176 Å². The van der Waals surface area contributed by atoms with Crippen molar-refractivity contribution in [1.82, 2.24) is 10.6 Å². The van der Waals surface area contributed by atoms with Crippen LogP contribution in [0.15, 0.2) is 12.2 Å². The van der Waals surface area contributed by atoms with Gasteiger partial charge in [-0.1, -0.05) is 19.9 Å². The second-order valence-corrected chi connectivity index (χ2v) is 9.63. The van der Waals surface area contributed by atoms with E-state index in [0.717, 1.165) is 25.7 Å². The van der Waals surface area contributed by atoms with E-state index in [1.165, 1.54) is 0 Å². The molecule has 0 bridgehead atoms. The van der Waals surface area contributed by atoms with Gasteiger partial charge in [-0.2, -0.15) is 0 Å². The van der Waals surface area contributed by atoms with Gasteiger partial charge >= 0.3 is 0 Å². The van der Waals surface area contributed by atoms with Crippen LogP contribution in [0.1, 0.15) is 85.3 Å². The lowest BCUT2D eigenvalue weighted by atomic mass is 9.48. The summed E-state index contributed by atoms with van der Waals surface area (Å²) in [7, 11) is 0. The fourth-order valence-corrected chi connectivity index (χ4v) is 7.04. The standard InChI is InChI=1S/C23H36N2O2/c1-21(2,3)25-20(27)17-8-7-15-14-6-9-18-23(5,13-11-19(26)24-18)16(14)10-12-22(15,17)4/h11,13-18H,6-10,12H2,1-5H3,(H,24,26)(H,25,27)/t14?,15?,16?,17-,18-,22+,23-/m1/s1/i1D3,2D3,3D3. The van der Waals surface area contributed by atoms with E-state index in [1.807, 2.05) is 13.0 Å². The number of amides is 2. The van der Waals surface area contributed by atoms with E-state index in [1.54, 1.807) is 6.08 Å². The van der Waals surface area contributed by atoms with Crippen molar-refractivity contribution in [3.63, 3.8) is 0 Å². The number of hydrogen-bond donors (Lipinski definition) is 2. The molecule has 3 fully saturated rings. The van der Waals surface area contributed by atoms with Gasteiger partial charge in [0.05, 0.1) is 0 Å². The molecule has 27 heavy (non-hydrogen) atoms. The molecule has 3 saturated carbocycles. The van der Waals surface area contributed by atoms with Crippen molar-refractivity contribution in [2.45, 2.75) is 84.5 Å². The first-order valence-electron chi connectivity index (χ1n) is 14.6. The zero-order valence-corrected chi connectivity index (χ0v) is 16.1. The summed E-state index contributed by atoms with van der Waals surface area (Å²) in [4.78, 5) is 25.6. The predicted octanol–water partition coefficient (Wildman–Crippen LogP) is 3.81. The lowest BCUT2D eigenvalue weighted by Gasteiger charge is -2.58. The molecule has 1 aliphatic heterocycles. The van der Waals surface area contributed by atoms with Crippen LogP contribution in [0.4, 0.5) is 0 Å². The Hall–Kier alpha value is -1.32. The Morgan fingerprint density at radius 2 is 1.96 bits per heavy atom. The zero-order chi connectivity index (χ0) is 27.1. The van der Waals surface area contributed by atoms with Crippen LogP contribution in [0.2, 0.25) is 0 Å². The third kappa shape index (κ3) is 2.94. The number of carbonyl (C=O) groups excluding carboxylic acids is 2. The first-order chi connectivity index (χ1) is 16.3. The molecule has 4 rings (SSSR count). The van der Waals surface area contributed by atoms with Gasteiger partial charge in [0.1, 0.15) is 0 Å². The summed E-state index contributed by atoms with van der Waals surface area (Å²) in [5.74, 6) is -0.762. The zero-order valence-electron chi connectivity index (χ0n) is 25.1. The van der Waals surface area contributed by atoms with Crippen LogP contribution in [-0.2, 0) is 9.59 Å². The van der Waals surface area contributed by atoms with Gasteiger partial charge in [-0.25, -0.2) is 0 Å². The molecule has 3 unspecified atom stereocenters. The van der Waals surface area contributed by atoms with Crippen molar-refractivity contribution in [2.75, 3.05) is 0 Å². The molecule has 4 nitrogen and oxygen atoms in total. The number of fused-ring (bicyclic) bond motifs is 5. The molecule has 3 aliphatic carbocycles. The third-order valence-electron chi connectivity index (χ3n) is 8.31. The van der Waals surface area contributed by atoms with Gasteiger partial charge in [-0.05, 0) is 88.3 Å². The van der Waals surface area contributed by atoms with Crippen molar-refractivity contribution >= 4 is 11.8 Å². The topological polar surface area (TPSA) is 58.2 Å². The fourth-order valence-electron chi connectivity index (χ4n) is 7.04. The summed E-state index contributed by atoms with van der Waals surface area (Å²) < 4.78 is 70.6. The first kappa shape index (κ1) is 11.0. The highest BCUT2D eigenvalue weighted by atomic mass is 16.2. The Bertz CT molecular complexity index is 921. The second-order valence-electron chi connectivity index (χ2n) is 9.63. The van der Waals surface area contributed by atoms with Gasteiger partial charge in [0.15, 0.2) is 0 Å². The lowest BCUT2D eigenvalue weighted by Crippen LogP contribution is -2.59. The van der Waals surface area contributed by atoms with Crippen LogP contribution >= 0.6 is 0 Å². The van der Waals surface area contributed by atoms with Gasteiger partial charge in [0, 0.05) is 35.3 Å². The highest BCUT2D eigenvalue weighted by Gasteiger charge is 2.60. The van der Waals surface area contributed by atoms with Gasteiger partial charge in [0.25, 0.3) is 0 Å². The predicted molar refractivity (Wildman–Crippen MR) is 107 cm³/mol. The Morgan fingerprint density at radius 3 is 2.70 bits per heavy atom. The SMILES string of the molecule is [2H]C([2H])([2H])C(NC(=O)[C@H]1CCC2C3CC[C@H]4NC(=O)C=C[C@]4(C)C3CC[C@@]21C)(C([2H])([2H])[2H])C([2H])([2H])[2H]. The second kappa shape index (κ2) is 6.09. The molecule has 2 amide bonds. The summed E-state index contributed by atoms with van der Waals surface area (Å²) in [6, 6.07) is 0.0691. The van der Waals surface area contributed by atoms with Crippen molar-refractivity contribution in [3.05, 3.63) is 12.2 Å². The Kier molecular flexibility index (Phi) is 2.48. The van der Waals surface area contributed by atoms with Crippen LogP contribution in [0, 0.1) is 34.5 Å². The van der Waals surface area contributed by atoms with Crippen LogP contribution in [0.5, 0.6) is 0 Å². The number of carbonyl (C=O) groups is 2. The molecule has 0 saturated heterocycles. The number of hydrogen-bond acceptors (Lipinski definition) is 2. The first-order valence-corrected chi connectivity index (χ1v) is 10.1.